The maximum absolute atomic E-state index is 11.9. The number of fused-ring (bicyclic) bond motifs is 1. The summed E-state index contributed by atoms with van der Waals surface area (Å²) < 4.78 is 0. The lowest BCUT2D eigenvalue weighted by atomic mass is 9.99. The van der Waals surface area contributed by atoms with Crippen LogP contribution in [0.25, 0.3) is 10.9 Å². The lowest BCUT2D eigenvalue weighted by molar-refractivity contribution is -0.127. The van der Waals surface area contributed by atoms with Crippen LogP contribution in [0.1, 0.15) is 5.69 Å². The highest BCUT2D eigenvalue weighted by Crippen LogP contribution is 2.22. The van der Waals surface area contributed by atoms with Crippen molar-refractivity contribution in [1.29, 1.82) is 0 Å². The van der Waals surface area contributed by atoms with Crippen LogP contribution in [-0.2, 0) is 11.2 Å². The van der Waals surface area contributed by atoms with Crippen LogP contribution in [0.4, 0.5) is 0 Å². The Labute approximate surface area is 134 Å². The minimum absolute atomic E-state index is 0.0690. The van der Waals surface area contributed by atoms with E-state index < -0.39 is 6.10 Å². The van der Waals surface area contributed by atoms with Gasteiger partial charge in [0.25, 0.3) is 0 Å². The van der Waals surface area contributed by atoms with Crippen molar-refractivity contribution < 1.29 is 9.90 Å². The predicted octanol–water partition coefficient (Wildman–Crippen LogP) is 1.96. The van der Waals surface area contributed by atoms with Crippen LogP contribution < -0.4 is 0 Å². The van der Waals surface area contributed by atoms with Crippen LogP contribution in [0.15, 0.2) is 36.4 Å². The molecule has 2 atom stereocenters. The number of pyridine rings is 1. The highest BCUT2D eigenvalue weighted by atomic mass is 32.2. The number of carbonyl (C=O) groups is 1. The van der Waals surface area contributed by atoms with Crippen LogP contribution in [-0.4, -0.2) is 52.1 Å². The summed E-state index contributed by atoms with van der Waals surface area (Å²) in [6.07, 6.45) is 2.16. The Kier molecular flexibility index (Phi) is 4.64. The molecule has 0 bridgehead atoms. The molecule has 2 aromatic rings. The lowest BCUT2D eigenvalue weighted by Gasteiger charge is -2.15. The fourth-order valence-corrected chi connectivity index (χ4v) is 3.39. The molecule has 0 saturated carbocycles. The number of amides is 1. The Balaban J connectivity index is 1.70. The highest BCUT2D eigenvalue weighted by Gasteiger charge is 2.33. The predicted molar refractivity (Wildman–Crippen MR) is 89.9 cm³/mol. The van der Waals surface area contributed by atoms with Crippen molar-refractivity contribution in [2.45, 2.75) is 12.5 Å². The zero-order chi connectivity index (χ0) is 15.5. The molecule has 1 aliphatic heterocycles. The Morgan fingerprint density at radius 3 is 2.95 bits per heavy atom. The molecule has 1 aliphatic rings. The van der Waals surface area contributed by atoms with Gasteiger partial charge >= 0.3 is 0 Å². The molecule has 1 N–H and O–H groups in total. The van der Waals surface area contributed by atoms with Gasteiger partial charge in [-0.25, -0.2) is 0 Å². The molecule has 116 valence electrons. The molecule has 0 aliphatic carbocycles. The number of carbonyl (C=O) groups excluding carboxylic acids is 1. The number of hydrogen-bond acceptors (Lipinski definition) is 4. The molecule has 1 amide bonds. The summed E-state index contributed by atoms with van der Waals surface area (Å²) in [4.78, 5) is 18.4. The number of para-hydroxylation sites is 1. The molecule has 5 heteroatoms. The fourth-order valence-electron chi connectivity index (χ4n) is 2.96. The largest absolute Gasteiger partial charge is 0.391 e. The monoisotopic (exact) mass is 316 g/mol. The number of rotatable bonds is 4. The molecule has 2 heterocycles. The van der Waals surface area contributed by atoms with E-state index in [1.807, 2.05) is 36.6 Å². The van der Waals surface area contributed by atoms with E-state index in [0.717, 1.165) is 16.6 Å². The molecule has 22 heavy (non-hydrogen) atoms. The highest BCUT2D eigenvalue weighted by molar-refractivity contribution is 7.99. The first-order valence-corrected chi connectivity index (χ1v) is 8.86. The Morgan fingerprint density at radius 1 is 1.32 bits per heavy atom. The summed E-state index contributed by atoms with van der Waals surface area (Å²) in [6.45, 7) is 1.06. The van der Waals surface area contributed by atoms with Gasteiger partial charge < -0.3 is 10.0 Å². The van der Waals surface area contributed by atoms with Crippen molar-refractivity contribution in [2.24, 2.45) is 5.92 Å². The molecule has 1 saturated heterocycles. The molecule has 0 radical (unpaired) electrons. The Hall–Kier alpha value is -1.59. The van der Waals surface area contributed by atoms with Crippen molar-refractivity contribution in [3.05, 3.63) is 42.1 Å². The van der Waals surface area contributed by atoms with Gasteiger partial charge in [0.15, 0.2) is 0 Å². The summed E-state index contributed by atoms with van der Waals surface area (Å²) in [5, 5.41) is 11.3. The standard InChI is InChI=1S/C17H20N2O2S/c1-22-11-17(21)19-9-13(16(20)10-19)8-14-7-6-12-4-2-3-5-15(12)18-14/h2-7,13,16,20H,8-11H2,1H3/t13-,16-/m1/s1. The molecule has 1 aromatic carbocycles. The SMILES string of the molecule is CSCC(=O)N1C[C@@H](Cc2ccc3ccccc3n2)[C@H](O)C1. The number of thioether (sulfide) groups is 1. The van der Waals surface area contributed by atoms with Crippen LogP contribution in [0.3, 0.4) is 0 Å². The average Bonchev–Trinajstić information content (AvgIpc) is 2.89. The normalized spacial score (nSPS) is 21.5. The minimum atomic E-state index is -0.459. The molecule has 4 nitrogen and oxygen atoms in total. The number of aliphatic hydroxyl groups excluding tert-OH is 1. The fraction of sp³-hybridized carbons (Fsp3) is 0.412. The number of nitrogens with zero attached hydrogens (tertiary/aromatic N) is 2. The first kappa shape index (κ1) is 15.3. The van der Waals surface area contributed by atoms with Crippen molar-refractivity contribution in [2.75, 3.05) is 25.1 Å². The van der Waals surface area contributed by atoms with Crippen LogP contribution in [0, 0.1) is 5.92 Å². The van der Waals surface area contributed by atoms with E-state index in [9.17, 15) is 9.90 Å². The summed E-state index contributed by atoms with van der Waals surface area (Å²) in [5.41, 5.74) is 1.95. The Morgan fingerprint density at radius 2 is 2.14 bits per heavy atom. The van der Waals surface area contributed by atoms with Crippen molar-refractivity contribution in [3.8, 4) is 0 Å². The van der Waals surface area contributed by atoms with E-state index in [1.54, 1.807) is 4.90 Å². The second kappa shape index (κ2) is 6.67. The van der Waals surface area contributed by atoms with Crippen LogP contribution in [0.5, 0.6) is 0 Å². The van der Waals surface area contributed by atoms with Crippen molar-refractivity contribution in [1.82, 2.24) is 9.88 Å². The van der Waals surface area contributed by atoms with Gasteiger partial charge in [-0.05, 0) is 24.8 Å². The van der Waals surface area contributed by atoms with Crippen molar-refractivity contribution >= 4 is 28.6 Å². The molecule has 0 spiro atoms. The maximum atomic E-state index is 11.9. The third-order valence-electron chi connectivity index (χ3n) is 4.15. The van der Waals surface area contributed by atoms with Gasteiger partial charge in [0.2, 0.25) is 5.91 Å². The maximum Gasteiger partial charge on any atom is 0.232 e. The minimum Gasteiger partial charge on any atom is -0.391 e. The van der Waals surface area contributed by atoms with Crippen LogP contribution >= 0.6 is 11.8 Å². The first-order valence-electron chi connectivity index (χ1n) is 7.47. The van der Waals surface area contributed by atoms with E-state index in [-0.39, 0.29) is 11.8 Å². The number of likely N-dealkylation sites (tertiary alicyclic amines) is 1. The molecular weight excluding hydrogens is 296 g/mol. The average molecular weight is 316 g/mol. The van der Waals surface area contributed by atoms with E-state index in [1.165, 1.54) is 11.8 Å². The van der Waals surface area contributed by atoms with Gasteiger partial charge in [0.05, 0.1) is 17.4 Å². The Bertz CT molecular complexity index is 677. The van der Waals surface area contributed by atoms with E-state index in [0.29, 0.717) is 25.3 Å². The lowest BCUT2D eigenvalue weighted by Crippen LogP contribution is -2.31. The van der Waals surface area contributed by atoms with E-state index in [4.69, 9.17) is 0 Å². The van der Waals surface area contributed by atoms with Crippen LogP contribution in [0.2, 0.25) is 0 Å². The third kappa shape index (κ3) is 3.25. The molecule has 3 rings (SSSR count). The quantitative estimate of drug-likeness (QED) is 0.937. The molecule has 1 fully saturated rings. The number of aromatic nitrogens is 1. The van der Waals surface area contributed by atoms with E-state index >= 15 is 0 Å². The number of benzene rings is 1. The smallest absolute Gasteiger partial charge is 0.232 e. The van der Waals surface area contributed by atoms with Gasteiger partial charge in [0, 0.05) is 30.1 Å². The first-order chi connectivity index (χ1) is 10.7. The summed E-state index contributed by atoms with van der Waals surface area (Å²) in [6, 6.07) is 12.1. The van der Waals surface area contributed by atoms with Gasteiger partial charge in [-0.15, -0.1) is 0 Å². The molecule has 0 unspecified atom stereocenters. The van der Waals surface area contributed by atoms with Gasteiger partial charge in [-0.2, -0.15) is 11.8 Å². The summed E-state index contributed by atoms with van der Waals surface area (Å²) in [5.74, 6) is 0.660. The number of hydrogen-bond donors (Lipinski definition) is 1. The number of β-amino-alcohol motifs (C(OH)–C–C–N with tert-alkyl or cyclic N) is 1. The second-order valence-electron chi connectivity index (χ2n) is 5.76. The topological polar surface area (TPSA) is 53.4 Å². The summed E-state index contributed by atoms with van der Waals surface area (Å²) in [7, 11) is 0. The third-order valence-corrected chi connectivity index (χ3v) is 4.69. The molecule has 1 aromatic heterocycles. The molecular formula is C17H20N2O2S. The van der Waals surface area contributed by atoms with Gasteiger partial charge in [0.1, 0.15) is 0 Å². The zero-order valence-corrected chi connectivity index (χ0v) is 13.4. The van der Waals surface area contributed by atoms with E-state index in [2.05, 4.69) is 11.1 Å². The van der Waals surface area contributed by atoms with Gasteiger partial charge in [-0.1, -0.05) is 24.3 Å². The number of aliphatic hydroxyl groups is 1. The van der Waals surface area contributed by atoms with Crippen molar-refractivity contribution in [3.63, 3.8) is 0 Å². The second-order valence-corrected chi connectivity index (χ2v) is 6.62. The van der Waals surface area contributed by atoms with Gasteiger partial charge in [-0.3, -0.25) is 9.78 Å². The summed E-state index contributed by atoms with van der Waals surface area (Å²) >= 11 is 1.52. The zero-order valence-electron chi connectivity index (χ0n) is 12.6.